The minimum Gasteiger partial charge on any atom is -0.375 e. The molecule has 1 unspecified atom stereocenters. The first-order valence-electron chi connectivity index (χ1n) is 16.6. The Bertz CT molecular complexity index is 701. The number of likely N-dealkylation sites (tertiary alicyclic amines) is 1. The van der Waals surface area contributed by atoms with Crippen LogP contribution in [0.25, 0.3) is 0 Å². The molecule has 1 N–H and O–H groups in total. The van der Waals surface area contributed by atoms with Crippen LogP contribution in [-0.4, -0.2) is 40.9 Å². The summed E-state index contributed by atoms with van der Waals surface area (Å²) in [6, 6.07) is 2.72. The Morgan fingerprint density at radius 3 is 1.97 bits per heavy atom. The summed E-state index contributed by atoms with van der Waals surface area (Å²) < 4.78 is 6.30. The molecule has 0 bridgehead atoms. The Hall–Kier alpha value is -0.630. The molecule has 0 amide bonds. The third-order valence-electron chi connectivity index (χ3n) is 10.3. The molecule has 4 fully saturated rings. The maximum Gasteiger partial charge on any atom is 0.0992 e. The Balaban J connectivity index is 1.20. The maximum absolute atomic E-state index is 9.90. The van der Waals surface area contributed by atoms with Crippen LogP contribution in [0, 0.1) is 23.2 Å². The van der Waals surface area contributed by atoms with E-state index in [-0.39, 0.29) is 17.2 Å². The largest absolute Gasteiger partial charge is 0.375 e. The summed E-state index contributed by atoms with van der Waals surface area (Å²) in [5.41, 5.74) is 0.126. The van der Waals surface area contributed by atoms with E-state index in [4.69, 9.17) is 4.74 Å². The lowest BCUT2D eigenvalue weighted by Crippen LogP contribution is -2.64. The second-order valence-corrected chi connectivity index (χ2v) is 13.9. The summed E-state index contributed by atoms with van der Waals surface area (Å²) in [5, 5.41) is 14.1. The second-order valence-electron chi connectivity index (χ2n) is 13.9. The van der Waals surface area contributed by atoms with Gasteiger partial charge in [-0.2, -0.15) is 5.26 Å². The molecule has 3 aliphatic carbocycles. The van der Waals surface area contributed by atoms with Gasteiger partial charge in [0.15, 0.2) is 0 Å². The van der Waals surface area contributed by atoms with Crippen molar-refractivity contribution in [2.75, 3.05) is 6.54 Å². The SMILES string of the molecule is CCCCCCCCCCCCCC[C@@](C)(N[C@@]1(C)C[C@H]2C[C@@H](OC3CC3)C[C@H]2C1)N1CCCC1C#N. The zero-order valence-electron chi connectivity index (χ0n) is 24.7. The third-order valence-corrected chi connectivity index (χ3v) is 10.3. The molecule has 212 valence electrons. The fraction of sp³-hybridized carbons (Fsp3) is 0.970. The van der Waals surface area contributed by atoms with Crippen molar-refractivity contribution in [2.45, 2.75) is 185 Å². The number of rotatable bonds is 18. The number of nitriles is 1. The van der Waals surface area contributed by atoms with Crippen molar-refractivity contribution in [1.82, 2.24) is 10.2 Å². The highest BCUT2D eigenvalue weighted by molar-refractivity contribution is 5.08. The molecule has 0 radical (unpaired) electrons. The van der Waals surface area contributed by atoms with E-state index in [2.05, 4.69) is 37.1 Å². The van der Waals surface area contributed by atoms with Gasteiger partial charge in [-0.1, -0.05) is 84.0 Å². The van der Waals surface area contributed by atoms with Gasteiger partial charge in [-0.05, 0) is 83.5 Å². The summed E-state index contributed by atoms with van der Waals surface area (Å²) >= 11 is 0. The topological polar surface area (TPSA) is 48.3 Å². The molecular weight excluding hydrogens is 454 g/mol. The highest BCUT2D eigenvalue weighted by Gasteiger charge is 2.51. The van der Waals surface area contributed by atoms with Crippen molar-refractivity contribution in [2.24, 2.45) is 11.8 Å². The number of ether oxygens (including phenoxy) is 1. The molecule has 0 aromatic heterocycles. The van der Waals surface area contributed by atoms with Crippen LogP contribution in [0.15, 0.2) is 0 Å². The zero-order valence-corrected chi connectivity index (χ0v) is 24.7. The average Bonchev–Trinajstić information content (AvgIpc) is 3.27. The normalized spacial score (nSPS) is 33.5. The van der Waals surface area contributed by atoms with Crippen molar-refractivity contribution >= 4 is 0 Å². The predicted molar refractivity (Wildman–Crippen MR) is 154 cm³/mol. The molecular formula is C33H59N3O. The second kappa shape index (κ2) is 14.1. The van der Waals surface area contributed by atoms with Gasteiger partial charge < -0.3 is 4.74 Å². The van der Waals surface area contributed by atoms with Gasteiger partial charge in [0.1, 0.15) is 0 Å². The highest BCUT2D eigenvalue weighted by Crippen LogP contribution is 2.51. The van der Waals surface area contributed by atoms with E-state index in [1.54, 1.807) is 0 Å². The van der Waals surface area contributed by atoms with Crippen LogP contribution in [-0.2, 0) is 4.74 Å². The van der Waals surface area contributed by atoms with Crippen LogP contribution in [0.3, 0.4) is 0 Å². The molecule has 4 nitrogen and oxygen atoms in total. The monoisotopic (exact) mass is 513 g/mol. The molecule has 37 heavy (non-hydrogen) atoms. The summed E-state index contributed by atoms with van der Waals surface area (Å²) in [7, 11) is 0. The molecule has 3 saturated carbocycles. The fourth-order valence-corrected chi connectivity index (χ4v) is 8.32. The molecule has 6 atom stereocenters. The molecule has 0 aromatic rings. The van der Waals surface area contributed by atoms with Crippen LogP contribution < -0.4 is 5.32 Å². The van der Waals surface area contributed by atoms with Gasteiger partial charge in [-0.15, -0.1) is 0 Å². The number of fused-ring (bicyclic) bond motifs is 1. The minimum atomic E-state index is -0.0628. The standard InChI is InChI=1S/C33H59N3O/c1-4-5-6-7-8-9-10-11-12-13-14-15-20-33(3,36-21-16-17-29(36)26-34)35-32(2)24-27-22-31(23-28(27)25-32)37-30-18-19-30/h27-31,35H,4-25H2,1-3H3/t27-,28+,29?,31-,32+,33-/m0/s1. The van der Waals surface area contributed by atoms with Crippen molar-refractivity contribution in [1.29, 1.82) is 5.26 Å². The third kappa shape index (κ3) is 8.68. The lowest BCUT2D eigenvalue weighted by molar-refractivity contribution is 0.0214. The number of hydrogen-bond donors (Lipinski definition) is 1. The van der Waals surface area contributed by atoms with Gasteiger partial charge >= 0.3 is 0 Å². The molecule has 0 spiro atoms. The average molecular weight is 514 g/mol. The quantitative estimate of drug-likeness (QED) is 0.187. The van der Waals surface area contributed by atoms with Crippen molar-refractivity contribution in [3.63, 3.8) is 0 Å². The lowest BCUT2D eigenvalue weighted by atomic mass is 9.90. The van der Waals surface area contributed by atoms with Crippen LogP contribution in [0.4, 0.5) is 0 Å². The summed E-state index contributed by atoms with van der Waals surface area (Å²) in [5.74, 6) is 1.64. The van der Waals surface area contributed by atoms with E-state index < -0.39 is 0 Å². The van der Waals surface area contributed by atoms with Gasteiger partial charge in [-0.3, -0.25) is 10.2 Å². The van der Waals surface area contributed by atoms with E-state index in [1.807, 2.05) is 0 Å². The van der Waals surface area contributed by atoms with Gasteiger partial charge in [0.2, 0.25) is 0 Å². The van der Waals surface area contributed by atoms with E-state index in [9.17, 15) is 5.26 Å². The number of hydrogen-bond acceptors (Lipinski definition) is 4. The van der Waals surface area contributed by atoms with Gasteiger partial charge in [0.05, 0.1) is 30.0 Å². The molecule has 1 heterocycles. The Kier molecular flexibility index (Phi) is 11.2. The van der Waals surface area contributed by atoms with Crippen molar-refractivity contribution < 1.29 is 4.74 Å². The van der Waals surface area contributed by atoms with Crippen LogP contribution in [0.1, 0.15) is 156 Å². The lowest BCUT2D eigenvalue weighted by Gasteiger charge is -2.47. The van der Waals surface area contributed by atoms with Gasteiger partial charge in [-0.25, -0.2) is 0 Å². The molecule has 1 aliphatic heterocycles. The van der Waals surface area contributed by atoms with E-state index in [0.717, 1.165) is 31.2 Å². The zero-order chi connectivity index (χ0) is 26.1. The van der Waals surface area contributed by atoms with E-state index in [0.29, 0.717) is 12.2 Å². The van der Waals surface area contributed by atoms with Crippen molar-refractivity contribution in [3.05, 3.63) is 0 Å². The van der Waals surface area contributed by atoms with Gasteiger partial charge in [0.25, 0.3) is 0 Å². The summed E-state index contributed by atoms with van der Waals surface area (Å²) in [6.07, 6.45) is 28.9. The van der Waals surface area contributed by atoms with Crippen LogP contribution >= 0.6 is 0 Å². The molecule has 0 aromatic carbocycles. The molecule has 4 rings (SSSR count). The van der Waals surface area contributed by atoms with Crippen molar-refractivity contribution in [3.8, 4) is 6.07 Å². The summed E-state index contributed by atoms with van der Waals surface area (Å²) in [4.78, 5) is 2.55. The van der Waals surface area contributed by atoms with E-state index in [1.165, 1.54) is 122 Å². The number of nitrogens with one attached hydrogen (secondary N) is 1. The Morgan fingerprint density at radius 2 is 1.43 bits per heavy atom. The summed E-state index contributed by atoms with van der Waals surface area (Å²) in [6.45, 7) is 8.28. The number of unbranched alkanes of at least 4 members (excludes halogenated alkanes) is 11. The maximum atomic E-state index is 9.90. The predicted octanol–water partition coefficient (Wildman–Crippen LogP) is 8.50. The Morgan fingerprint density at radius 1 is 0.865 bits per heavy atom. The minimum absolute atomic E-state index is 0.0628. The first kappa shape index (κ1) is 29.4. The molecule has 4 aliphatic rings. The first-order chi connectivity index (χ1) is 17.9. The van der Waals surface area contributed by atoms with Crippen LogP contribution in [0.5, 0.6) is 0 Å². The smallest absolute Gasteiger partial charge is 0.0992 e. The van der Waals surface area contributed by atoms with Crippen LogP contribution in [0.2, 0.25) is 0 Å². The molecule has 4 heteroatoms. The molecule has 1 saturated heterocycles. The van der Waals surface area contributed by atoms with Gasteiger partial charge in [0, 0.05) is 12.1 Å². The fourth-order valence-electron chi connectivity index (χ4n) is 8.32. The van der Waals surface area contributed by atoms with E-state index >= 15 is 0 Å². The number of nitrogens with zero attached hydrogens (tertiary/aromatic N) is 2. The highest BCUT2D eigenvalue weighted by atomic mass is 16.5. The first-order valence-corrected chi connectivity index (χ1v) is 16.6. The Labute approximate surface area is 229 Å².